The van der Waals surface area contributed by atoms with Gasteiger partial charge in [0.2, 0.25) is 0 Å². The number of nitrogens with zero attached hydrogens (tertiary/aromatic N) is 4. The van der Waals surface area contributed by atoms with Gasteiger partial charge in [0.05, 0.1) is 5.69 Å². The van der Waals surface area contributed by atoms with Crippen molar-refractivity contribution in [2.24, 2.45) is 0 Å². The number of rotatable bonds is 2. The third kappa shape index (κ3) is 1.96. The van der Waals surface area contributed by atoms with E-state index in [1.807, 2.05) is 4.57 Å². The molecule has 0 atom stereocenters. The van der Waals surface area contributed by atoms with Crippen LogP contribution in [0, 0.1) is 0 Å². The van der Waals surface area contributed by atoms with Crippen LogP contribution in [0.15, 0.2) is 36.9 Å². The molecule has 21 heavy (non-hydrogen) atoms. The van der Waals surface area contributed by atoms with Crippen LogP contribution in [0.25, 0.3) is 16.9 Å². The Balaban J connectivity index is 1.91. The fraction of sp³-hybridized carbons (Fsp3) is 0.312. The molecule has 0 radical (unpaired) electrons. The lowest BCUT2D eigenvalue weighted by Gasteiger charge is -2.16. The molecule has 2 heterocycles. The number of benzene rings is 1. The zero-order chi connectivity index (χ0) is 14.2. The summed E-state index contributed by atoms with van der Waals surface area (Å²) in [7, 11) is 0. The molecule has 3 aromatic rings. The van der Waals surface area contributed by atoms with Gasteiger partial charge in [-0.25, -0.2) is 15.0 Å². The molecule has 0 unspecified atom stereocenters. The van der Waals surface area contributed by atoms with E-state index < -0.39 is 0 Å². The van der Waals surface area contributed by atoms with E-state index in [4.69, 9.17) is 5.73 Å². The summed E-state index contributed by atoms with van der Waals surface area (Å²) in [5.41, 5.74) is 9.86. The number of hydrogen-bond acceptors (Lipinski definition) is 4. The number of para-hydroxylation sites is 1. The second-order valence-corrected chi connectivity index (χ2v) is 5.59. The van der Waals surface area contributed by atoms with Gasteiger partial charge in [-0.05, 0) is 30.4 Å². The van der Waals surface area contributed by atoms with Gasteiger partial charge in [0.15, 0.2) is 17.0 Å². The molecule has 1 fully saturated rings. The number of anilines is 1. The summed E-state index contributed by atoms with van der Waals surface area (Å²) < 4.78 is 2.03. The lowest BCUT2D eigenvalue weighted by Crippen LogP contribution is -2.03. The lowest BCUT2D eigenvalue weighted by atomic mass is 9.96. The maximum atomic E-state index is 5.88. The van der Waals surface area contributed by atoms with Gasteiger partial charge >= 0.3 is 0 Å². The minimum absolute atomic E-state index is 0.428. The van der Waals surface area contributed by atoms with Gasteiger partial charge in [-0.1, -0.05) is 31.0 Å². The molecular weight excluding hydrogens is 262 g/mol. The highest BCUT2D eigenvalue weighted by molar-refractivity contribution is 5.82. The quantitative estimate of drug-likeness (QED) is 0.782. The maximum absolute atomic E-state index is 5.88. The van der Waals surface area contributed by atoms with Gasteiger partial charge < -0.3 is 5.73 Å². The molecule has 0 spiro atoms. The molecule has 1 aliphatic carbocycles. The first-order chi connectivity index (χ1) is 10.3. The molecule has 1 saturated carbocycles. The molecule has 4 rings (SSSR count). The van der Waals surface area contributed by atoms with Crippen LogP contribution in [-0.2, 0) is 0 Å². The Morgan fingerprint density at radius 2 is 1.86 bits per heavy atom. The van der Waals surface area contributed by atoms with E-state index in [9.17, 15) is 0 Å². The van der Waals surface area contributed by atoms with Crippen molar-refractivity contribution >= 4 is 17.0 Å². The van der Waals surface area contributed by atoms with Gasteiger partial charge in [-0.2, -0.15) is 0 Å². The number of nitrogen functional groups attached to an aromatic ring is 1. The highest BCUT2D eigenvalue weighted by Crippen LogP contribution is 2.37. The minimum Gasteiger partial charge on any atom is -0.382 e. The van der Waals surface area contributed by atoms with Crippen molar-refractivity contribution in [3.63, 3.8) is 0 Å². The van der Waals surface area contributed by atoms with Crippen molar-refractivity contribution in [1.82, 2.24) is 19.5 Å². The SMILES string of the molecule is Nc1ncnc2c1ncn2-c1ccccc1C1CCCC1. The van der Waals surface area contributed by atoms with Crippen LogP contribution in [-0.4, -0.2) is 19.5 Å². The molecule has 0 saturated heterocycles. The van der Waals surface area contributed by atoms with Crippen LogP contribution >= 0.6 is 0 Å². The molecule has 0 aliphatic heterocycles. The molecule has 2 aromatic heterocycles. The number of imidazole rings is 1. The Bertz CT molecular complexity index is 786. The molecule has 1 aliphatic rings. The van der Waals surface area contributed by atoms with Gasteiger partial charge in [-0.3, -0.25) is 4.57 Å². The van der Waals surface area contributed by atoms with E-state index in [1.54, 1.807) is 6.33 Å². The normalized spacial score (nSPS) is 15.8. The summed E-state index contributed by atoms with van der Waals surface area (Å²) in [4.78, 5) is 12.7. The summed E-state index contributed by atoms with van der Waals surface area (Å²) >= 11 is 0. The molecule has 5 nitrogen and oxygen atoms in total. The predicted octanol–water partition coefficient (Wildman–Crippen LogP) is 3.06. The maximum Gasteiger partial charge on any atom is 0.170 e. The second kappa shape index (κ2) is 4.84. The topological polar surface area (TPSA) is 69.6 Å². The van der Waals surface area contributed by atoms with E-state index >= 15 is 0 Å². The van der Waals surface area contributed by atoms with Gasteiger partial charge in [0.1, 0.15) is 12.7 Å². The first-order valence-electron chi connectivity index (χ1n) is 7.37. The van der Waals surface area contributed by atoms with Crippen molar-refractivity contribution in [3.05, 3.63) is 42.5 Å². The fourth-order valence-electron chi connectivity index (χ4n) is 3.32. The number of hydrogen-bond donors (Lipinski definition) is 1. The number of aromatic nitrogens is 4. The Morgan fingerprint density at radius 1 is 1.05 bits per heavy atom. The fourth-order valence-corrected chi connectivity index (χ4v) is 3.32. The molecule has 0 bridgehead atoms. The van der Waals surface area contributed by atoms with Crippen LogP contribution in [0.2, 0.25) is 0 Å². The lowest BCUT2D eigenvalue weighted by molar-refractivity contribution is 0.717. The smallest absolute Gasteiger partial charge is 0.170 e. The first kappa shape index (κ1) is 12.3. The Hall–Kier alpha value is -2.43. The third-order valence-electron chi connectivity index (χ3n) is 4.35. The Labute approximate surface area is 122 Å². The van der Waals surface area contributed by atoms with Crippen LogP contribution < -0.4 is 5.73 Å². The van der Waals surface area contributed by atoms with Crippen LogP contribution in [0.3, 0.4) is 0 Å². The van der Waals surface area contributed by atoms with Crippen molar-refractivity contribution in [2.75, 3.05) is 5.73 Å². The van der Waals surface area contributed by atoms with Crippen LogP contribution in [0.1, 0.15) is 37.2 Å². The van der Waals surface area contributed by atoms with E-state index in [0.717, 1.165) is 11.3 Å². The largest absolute Gasteiger partial charge is 0.382 e. The van der Waals surface area contributed by atoms with E-state index in [0.29, 0.717) is 17.3 Å². The van der Waals surface area contributed by atoms with Gasteiger partial charge in [-0.15, -0.1) is 0 Å². The molecule has 106 valence electrons. The second-order valence-electron chi connectivity index (χ2n) is 5.59. The summed E-state index contributed by atoms with van der Waals surface area (Å²) in [6, 6.07) is 8.53. The zero-order valence-corrected chi connectivity index (χ0v) is 11.7. The van der Waals surface area contributed by atoms with Crippen molar-refractivity contribution in [1.29, 1.82) is 0 Å². The minimum atomic E-state index is 0.428. The summed E-state index contributed by atoms with van der Waals surface area (Å²) in [6.45, 7) is 0. The van der Waals surface area contributed by atoms with Crippen molar-refractivity contribution in [2.45, 2.75) is 31.6 Å². The average molecular weight is 279 g/mol. The van der Waals surface area contributed by atoms with Crippen LogP contribution in [0.5, 0.6) is 0 Å². The third-order valence-corrected chi connectivity index (χ3v) is 4.35. The average Bonchev–Trinajstić information content (AvgIpc) is 3.17. The highest BCUT2D eigenvalue weighted by Gasteiger charge is 2.21. The highest BCUT2D eigenvalue weighted by atomic mass is 15.1. The monoisotopic (exact) mass is 279 g/mol. The summed E-state index contributed by atoms with van der Waals surface area (Å²) in [6.07, 6.45) is 8.46. The first-order valence-corrected chi connectivity index (χ1v) is 7.37. The Morgan fingerprint density at radius 3 is 2.71 bits per heavy atom. The summed E-state index contributed by atoms with van der Waals surface area (Å²) in [5, 5.41) is 0. The van der Waals surface area contributed by atoms with Gasteiger partial charge in [0, 0.05) is 0 Å². The van der Waals surface area contributed by atoms with Crippen molar-refractivity contribution < 1.29 is 0 Å². The number of fused-ring (bicyclic) bond motifs is 1. The molecule has 1 aromatic carbocycles. The van der Waals surface area contributed by atoms with E-state index in [2.05, 4.69) is 39.2 Å². The van der Waals surface area contributed by atoms with Crippen LogP contribution in [0.4, 0.5) is 5.82 Å². The number of nitrogens with two attached hydrogens (primary N) is 1. The standard InChI is InChI=1S/C16H17N5/c17-15-14-16(19-9-18-15)21(10-20-14)13-8-4-3-7-12(13)11-5-1-2-6-11/h3-4,7-11H,1-2,5-6H2,(H2,17,18,19). The summed E-state index contributed by atoms with van der Waals surface area (Å²) in [5.74, 6) is 1.06. The molecular formula is C16H17N5. The predicted molar refractivity (Wildman–Crippen MR) is 82.3 cm³/mol. The van der Waals surface area contributed by atoms with Crippen molar-refractivity contribution in [3.8, 4) is 5.69 Å². The molecule has 0 amide bonds. The molecule has 5 heteroatoms. The van der Waals surface area contributed by atoms with Gasteiger partial charge in [0.25, 0.3) is 0 Å². The zero-order valence-electron chi connectivity index (χ0n) is 11.7. The Kier molecular flexibility index (Phi) is 2.84. The van der Waals surface area contributed by atoms with E-state index in [-0.39, 0.29) is 0 Å². The molecule has 2 N–H and O–H groups in total. The van der Waals surface area contributed by atoms with E-state index in [1.165, 1.54) is 37.6 Å².